The van der Waals surface area contributed by atoms with Gasteiger partial charge in [0.05, 0.1) is 12.1 Å². The topological polar surface area (TPSA) is 58.4 Å². The van der Waals surface area contributed by atoms with Crippen LogP contribution >= 0.6 is 0 Å². The van der Waals surface area contributed by atoms with Crippen molar-refractivity contribution in [1.82, 2.24) is 15.2 Å². The third kappa shape index (κ3) is 6.20. The highest BCUT2D eigenvalue weighted by Crippen LogP contribution is 2.30. The molecule has 32 heavy (non-hydrogen) atoms. The molecule has 5 nitrogen and oxygen atoms in total. The number of carbonyl (C=O) groups is 1. The fourth-order valence-electron chi connectivity index (χ4n) is 3.30. The molecule has 0 saturated heterocycles. The van der Waals surface area contributed by atoms with Crippen molar-refractivity contribution in [3.05, 3.63) is 89.1 Å². The number of hydrogen-bond acceptors (Lipinski definition) is 4. The van der Waals surface area contributed by atoms with Gasteiger partial charge in [0.1, 0.15) is 6.26 Å². The van der Waals surface area contributed by atoms with Crippen LogP contribution in [0.15, 0.2) is 65.3 Å². The predicted molar refractivity (Wildman–Crippen MR) is 115 cm³/mol. The second-order valence-corrected chi connectivity index (χ2v) is 7.94. The second kappa shape index (κ2) is 9.99. The lowest BCUT2D eigenvalue weighted by Gasteiger charge is -2.28. The number of rotatable bonds is 8. The largest absolute Gasteiger partial charge is 0.447 e. The molecular formula is C24H26F3N3O2. The maximum atomic E-state index is 12.9. The van der Waals surface area contributed by atoms with Crippen LogP contribution in [-0.2, 0) is 19.3 Å². The number of nitrogens with zero attached hydrogens (tertiary/aromatic N) is 2. The summed E-state index contributed by atoms with van der Waals surface area (Å²) in [5, 5.41) is 2.76. The second-order valence-electron chi connectivity index (χ2n) is 7.94. The molecule has 1 atom stereocenters. The summed E-state index contributed by atoms with van der Waals surface area (Å²) in [6.07, 6.45) is -3.06. The standard InChI is InChI=1S/C24H26F3N3O2/c1-16(2)28-23(31)21-15-32-22(29-21)14-30(17(3)19-7-5-4-6-8-19)13-18-9-11-20(12-10-18)24(25,26)27/h4-12,15-17H,13-14H2,1-3H3,(H,28,31). The first-order valence-electron chi connectivity index (χ1n) is 10.3. The highest BCUT2D eigenvalue weighted by molar-refractivity contribution is 5.92. The zero-order valence-corrected chi connectivity index (χ0v) is 18.2. The molecule has 0 radical (unpaired) electrons. The van der Waals surface area contributed by atoms with Gasteiger partial charge in [-0.25, -0.2) is 4.98 Å². The molecule has 0 fully saturated rings. The van der Waals surface area contributed by atoms with E-state index in [0.717, 1.165) is 23.3 Å². The number of halogens is 3. The molecule has 1 amide bonds. The molecular weight excluding hydrogens is 419 g/mol. The quantitative estimate of drug-likeness (QED) is 0.491. The molecule has 1 unspecified atom stereocenters. The van der Waals surface area contributed by atoms with Gasteiger partial charge in [0, 0.05) is 18.6 Å². The molecule has 0 spiro atoms. The Morgan fingerprint density at radius 2 is 1.69 bits per heavy atom. The molecule has 1 aromatic heterocycles. The lowest BCUT2D eigenvalue weighted by atomic mass is 10.1. The fourth-order valence-corrected chi connectivity index (χ4v) is 3.30. The number of amides is 1. The minimum atomic E-state index is -4.37. The Labute approximate surface area is 185 Å². The average molecular weight is 445 g/mol. The molecule has 170 valence electrons. The van der Waals surface area contributed by atoms with Crippen molar-refractivity contribution in [3.63, 3.8) is 0 Å². The summed E-state index contributed by atoms with van der Waals surface area (Å²) in [4.78, 5) is 18.5. The third-order valence-corrected chi connectivity index (χ3v) is 5.04. The number of oxazole rings is 1. The summed E-state index contributed by atoms with van der Waals surface area (Å²) < 4.78 is 44.2. The van der Waals surface area contributed by atoms with Crippen molar-refractivity contribution in [2.75, 3.05) is 0 Å². The van der Waals surface area contributed by atoms with E-state index in [2.05, 4.69) is 10.3 Å². The van der Waals surface area contributed by atoms with Crippen LogP contribution in [0.2, 0.25) is 0 Å². The molecule has 0 aliphatic rings. The molecule has 0 bridgehead atoms. The van der Waals surface area contributed by atoms with Crippen LogP contribution in [0.3, 0.4) is 0 Å². The lowest BCUT2D eigenvalue weighted by molar-refractivity contribution is -0.137. The van der Waals surface area contributed by atoms with Crippen LogP contribution in [0.5, 0.6) is 0 Å². The van der Waals surface area contributed by atoms with Gasteiger partial charge in [-0.3, -0.25) is 9.69 Å². The Bertz CT molecular complexity index is 1010. The SMILES string of the molecule is CC(C)NC(=O)c1coc(CN(Cc2ccc(C(F)(F)F)cc2)C(C)c2ccccc2)n1. The van der Waals surface area contributed by atoms with Crippen LogP contribution in [0.4, 0.5) is 13.2 Å². The predicted octanol–water partition coefficient (Wildman–Crippen LogP) is 5.60. The van der Waals surface area contributed by atoms with Crippen LogP contribution in [0, 0.1) is 0 Å². The average Bonchev–Trinajstić information content (AvgIpc) is 3.21. The molecule has 8 heteroatoms. The number of carbonyl (C=O) groups excluding carboxylic acids is 1. The molecule has 0 saturated carbocycles. The van der Waals surface area contributed by atoms with Crippen LogP contribution < -0.4 is 5.32 Å². The minimum absolute atomic E-state index is 0.0306. The van der Waals surface area contributed by atoms with Gasteiger partial charge in [0.25, 0.3) is 5.91 Å². The van der Waals surface area contributed by atoms with E-state index in [-0.39, 0.29) is 30.2 Å². The first kappa shape index (κ1) is 23.5. The summed E-state index contributed by atoms with van der Waals surface area (Å²) >= 11 is 0. The third-order valence-electron chi connectivity index (χ3n) is 5.04. The number of hydrogen-bond donors (Lipinski definition) is 1. The highest BCUT2D eigenvalue weighted by Gasteiger charge is 2.30. The smallest absolute Gasteiger partial charge is 0.416 e. The van der Waals surface area contributed by atoms with E-state index < -0.39 is 11.7 Å². The highest BCUT2D eigenvalue weighted by atomic mass is 19.4. The van der Waals surface area contributed by atoms with Crippen LogP contribution in [0.25, 0.3) is 0 Å². The first-order chi connectivity index (χ1) is 15.1. The summed E-state index contributed by atoms with van der Waals surface area (Å²) in [7, 11) is 0. The van der Waals surface area contributed by atoms with Crippen LogP contribution in [0.1, 0.15) is 59.9 Å². The van der Waals surface area contributed by atoms with Crippen molar-refractivity contribution in [1.29, 1.82) is 0 Å². The Morgan fingerprint density at radius 1 is 1.03 bits per heavy atom. The van der Waals surface area contributed by atoms with E-state index in [1.165, 1.54) is 18.4 Å². The van der Waals surface area contributed by atoms with E-state index in [1.54, 1.807) is 0 Å². The van der Waals surface area contributed by atoms with Crippen molar-refractivity contribution in [3.8, 4) is 0 Å². The van der Waals surface area contributed by atoms with Gasteiger partial charge in [-0.15, -0.1) is 0 Å². The monoisotopic (exact) mass is 445 g/mol. The minimum Gasteiger partial charge on any atom is -0.447 e. The van der Waals surface area contributed by atoms with E-state index in [0.29, 0.717) is 12.4 Å². The molecule has 3 aromatic rings. The van der Waals surface area contributed by atoms with Crippen LogP contribution in [-0.4, -0.2) is 21.8 Å². The van der Waals surface area contributed by atoms with Crippen molar-refractivity contribution < 1.29 is 22.4 Å². The first-order valence-corrected chi connectivity index (χ1v) is 10.3. The summed E-state index contributed by atoms with van der Waals surface area (Å²) in [5.74, 6) is 0.0361. The number of aromatic nitrogens is 1. The Balaban J connectivity index is 1.82. The molecule has 1 heterocycles. The maximum Gasteiger partial charge on any atom is 0.416 e. The Hall–Kier alpha value is -3.13. The lowest BCUT2D eigenvalue weighted by Crippen LogP contribution is -2.30. The van der Waals surface area contributed by atoms with Gasteiger partial charge in [-0.05, 0) is 44.0 Å². The molecule has 0 aliphatic carbocycles. The van der Waals surface area contributed by atoms with E-state index in [1.807, 2.05) is 56.0 Å². The molecule has 0 aliphatic heterocycles. The van der Waals surface area contributed by atoms with E-state index in [9.17, 15) is 18.0 Å². The Morgan fingerprint density at radius 3 is 2.28 bits per heavy atom. The fraction of sp³-hybridized carbons (Fsp3) is 0.333. The maximum absolute atomic E-state index is 12.9. The zero-order chi connectivity index (χ0) is 23.3. The van der Waals surface area contributed by atoms with E-state index in [4.69, 9.17) is 4.42 Å². The van der Waals surface area contributed by atoms with Crippen molar-refractivity contribution in [2.24, 2.45) is 0 Å². The molecule has 1 N–H and O–H groups in total. The van der Waals surface area contributed by atoms with Gasteiger partial charge in [-0.2, -0.15) is 13.2 Å². The van der Waals surface area contributed by atoms with Crippen molar-refractivity contribution >= 4 is 5.91 Å². The van der Waals surface area contributed by atoms with Gasteiger partial charge < -0.3 is 9.73 Å². The van der Waals surface area contributed by atoms with Gasteiger partial charge in [-0.1, -0.05) is 42.5 Å². The number of benzene rings is 2. The van der Waals surface area contributed by atoms with E-state index >= 15 is 0 Å². The van der Waals surface area contributed by atoms with Gasteiger partial charge in [0.2, 0.25) is 5.89 Å². The van der Waals surface area contributed by atoms with Gasteiger partial charge in [0.15, 0.2) is 5.69 Å². The number of nitrogens with one attached hydrogen (secondary N) is 1. The Kier molecular flexibility index (Phi) is 7.35. The summed E-state index contributed by atoms with van der Waals surface area (Å²) in [5.41, 5.74) is 1.28. The summed E-state index contributed by atoms with van der Waals surface area (Å²) in [6, 6.07) is 14.8. The zero-order valence-electron chi connectivity index (χ0n) is 18.2. The summed E-state index contributed by atoms with van der Waals surface area (Å²) in [6.45, 7) is 6.38. The number of alkyl halides is 3. The van der Waals surface area contributed by atoms with Gasteiger partial charge >= 0.3 is 6.18 Å². The normalized spacial score (nSPS) is 12.9. The van der Waals surface area contributed by atoms with Crippen molar-refractivity contribution in [2.45, 2.75) is 52.1 Å². The molecule has 3 rings (SSSR count). The molecule has 2 aromatic carbocycles.